The third kappa shape index (κ3) is 1.92. The third-order valence-electron chi connectivity index (χ3n) is 2.72. The van der Waals surface area contributed by atoms with Crippen LogP contribution in [0, 0.1) is 11.7 Å². The van der Waals surface area contributed by atoms with E-state index in [9.17, 15) is 0 Å². The van der Waals surface area contributed by atoms with E-state index in [4.69, 9.17) is 16.7 Å². The summed E-state index contributed by atoms with van der Waals surface area (Å²) < 4.78 is 7.31. The highest BCUT2D eigenvalue weighted by Crippen LogP contribution is 2.13. The lowest BCUT2D eigenvalue weighted by atomic mass is 10.3. The summed E-state index contributed by atoms with van der Waals surface area (Å²) in [7, 11) is 0. The SMILES string of the molecule is Cc1ccc2[nH]c(=S)n(CCc3ncon3)c2n1. The van der Waals surface area contributed by atoms with Crippen LogP contribution in [0.2, 0.25) is 0 Å². The molecule has 0 fully saturated rings. The normalized spacial score (nSPS) is 11.2. The molecule has 0 bridgehead atoms. The minimum absolute atomic E-state index is 0.659. The Hall–Kier alpha value is -2.02. The molecule has 0 amide bonds. The van der Waals surface area contributed by atoms with Gasteiger partial charge in [0, 0.05) is 18.7 Å². The summed E-state index contributed by atoms with van der Waals surface area (Å²) in [5.74, 6) is 0.666. The fourth-order valence-electron chi connectivity index (χ4n) is 1.85. The molecule has 18 heavy (non-hydrogen) atoms. The monoisotopic (exact) mass is 261 g/mol. The summed E-state index contributed by atoms with van der Waals surface area (Å²) in [5, 5.41) is 3.78. The zero-order chi connectivity index (χ0) is 12.5. The average molecular weight is 261 g/mol. The van der Waals surface area contributed by atoms with E-state index >= 15 is 0 Å². The lowest BCUT2D eigenvalue weighted by molar-refractivity contribution is 0.408. The van der Waals surface area contributed by atoms with Crippen molar-refractivity contribution in [3.63, 3.8) is 0 Å². The van der Waals surface area contributed by atoms with Gasteiger partial charge in [0.05, 0.1) is 5.52 Å². The van der Waals surface area contributed by atoms with Gasteiger partial charge in [-0.1, -0.05) is 5.16 Å². The largest absolute Gasteiger partial charge is 0.343 e. The summed E-state index contributed by atoms with van der Waals surface area (Å²) in [6.07, 6.45) is 1.99. The molecule has 3 rings (SSSR count). The van der Waals surface area contributed by atoms with Gasteiger partial charge in [-0.3, -0.25) is 0 Å². The molecular weight excluding hydrogens is 250 g/mol. The molecule has 3 heterocycles. The van der Waals surface area contributed by atoms with Crippen molar-refractivity contribution in [3.8, 4) is 0 Å². The number of aromatic amines is 1. The maximum atomic E-state index is 5.29. The van der Waals surface area contributed by atoms with Crippen LogP contribution in [0.15, 0.2) is 23.0 Å². The molecule has 0 atom stereocenters. The molecule has 0 unspecified atom stereocenters. The molecule has 0 aliphatic rings. The van der Waals surface area contributed by atoms with Crippen molar-refractivity contribution < 1.29 is 4.52 Å². The number of rotatable bonds is 3. The van der Waals surface area contributed by atoms with Gasteiger partial charge < -0.3 is 14.1 Å². The quantitative estimate of drug-likeness (QED) is 0.730. The van der Waals surface area contributed by atoms with E-state index < -0.39 is 0 Å². The highest BCUT2D eigenvalue weighted by Gasteiger charge is 2.07. The molecule has 0 aliphatic heterocycles. The highest BCUT2D eigenvalue weighted by molar-refractivity contribution is 7.71. The first-order valence-electron chi connectivity index (χ1n) is 5.55. The van der Waals surface area contributed by atoms with Crippen LogP contribution in [0.5, 0.6) is 0 Å². The molecule has 92 valence electrons. The Labute approximate surface area is 108 Å². The number of pyridine rings is 1. The lowest BCUT2D eigenvalue weighted by Gasteiger charge is -2.01. The highest BCUT2D eigenvalue weighted by atomic mass is 32.1. The number of hydrogen-bond acceptors (Lipinski definition) is 5. The van der Waals surface area contributed by atoms with Gasteiger partial charge in [0.15, 0.2) is 16.2 Å². The van der Waals surface area contributed by atoms with Gasteiger partial charge >= 0.3 is 0 Å². The Morgan fingerprint density at radius 2 is 2.33 bits per heavy atom. The second kappa shape index (κ2) is 4.34. The Bertz CT molecular complexity index is 728. The van der Waals surface area contributed by atoms with Crippen LogP contribution in [0.4, 0.5) is 0 Å². The first-order chi connectivity index (χ1) is 8.74. The number of nitrogens with zero attached hydrogens (tertiary/aromatic N) is 4. The molecule has 0 aromatic carbocycles. The topological polar surface area (TPSA) is 72.5 Å². The molecule has 0 aliphatic carbocycles. The molecule has 6 nitrogen and oxygen atoms in total. The van der Waals surface area contributed by atoms with Crippen LogP contribution in [0.1, 0.15) is 11.5 Å². The minimum Gasteiger partial charge on any atom is -0.343 e. The summed E-state index contributed by atoms with van der Waals surface area (Å²) in [5.41, 5.74) is 2.77. The Morgan fingerprint density at radius 3 is 3.11 bits per heavy atom. The summed E-state index contributed by atoms with van der Waals surface area (Å²) in [4.78, 5) is 11.6. The van der Waals surface area contributed by atoms with E-state index in [0.717, 1.165) is 16.9 Å². The lowest BCUT2D eigenvalue weighted by Crippen LogP contribution is -2.03. The van der Waals surface area contributed by atoms with Crippen LogP contribution >= 0.6 is 12.2 Å². The van der Waals surface area contributed by atoms with E-state index in [1.807, 2.05) is 23.6 Å². The second-order valence-electron chi connectivity index (χ2n) is 4.00. The predicted molar refractivity (Wildman–Crippen MR) is 67.7 cm³/mol. The van der Waals surface area contributed by atoms with Gasteiger partial charge in [0.2, 0.25) is 6.39 Å². The van der Waals surface area contributed by atoms with Crippen molar-refractivity contribution in [3.05, 3.63) is 34.8 Å². The van der Waals surface area contributed by atoms with Crippen LogP contribution in [-0.2, 0) is 13.0 Å². The van der Waals surface area contributed by atoms with E-state index in [-0.39, 0.29) is 0 Å². The number of nitrogens with one attached hydrogen (secondary N) is 1. The van der Waals surface area contributed by atoms with Crippen molar-refractivity contribution >= 4 is 23.4 Å². The van der Waals surface area contributed by atoms with Crippen LogP contribution in [0.25, 0.3) is 11.2 Å². The zero-order valence-corrected chi connectivity index (χ0v) is 10.6. The van der Waals surface area contributed by atoms with Crippen LogP contribution in [-0.4, -0.2) is 24.7 Å². The Morgan fingerprint density at radius 1 is 1.44 bits per heavy atom. The maximum Gasteiger partial charge on any atom is 0.213 e. The van der Waals surface area contributed by atoms with Crippen LogP contribution < -0.4 is 0 Å². The number of fused-ring (bicyclic) bond motifs is 1. The van der Waals surface area contributed by atoms with E-state index in [0.29, 0.717) is 23.6 Å². The first-order valence-corrected chi connectivity index (χ1v) is 5.96. The molecule has 0 spiro atoms. The van der Waals surface area contributed by atoms with Crippen LogP contribution in [0.3, 0.4) is 0 Å². The van der Waals surface area contributed by atoms with Gasteiger partial charge in [0.25, 0.3) is 0 Å². The van der Waals surface area contributed by atoms with Crippen molar-refractivity contribution in [2.45, 2.75) is 19.9 Å². The number of H-pyrrole nitrogens is 1. The predicted octanol–water partition coefficient (Wildman–Crippen LogP) is 2.03. The standard InChI is InChI=1S/C11H11N5OS/c1-7-2-3-8-10(13-7)16(11(18)14-8)5-4-9-12-6-17-15-9/h2-3,6H,4-5H2,1H3,(H,14,18). The fraction of sp³-hybridized carbons (Fsp3) is 0.273. The molecule has 3 aromatic rings. The average Bonchev–Trinajstić information content (AvgIpc) is 2.94. The number of aryl methyl sites for hydroxylation is 3. The molecular formula is C11H11N5OS. The summed E-state index contributed by atoms with van der Waals surface area (Å²) >= 11 is 5.29. The van der Waals surface area contributed by atoms with E-state index in [1.165, 1.54) is 6.39 Å². The van der Waals surface area contributed by atoms with E-state index in [1.54, 1.807) is 0 Å². The smallest absolute Gasteiger partial charge is 0.213 e. The molecule has 3 aromatic heterocycles. The zero-order valence-electron chi connectivity index (χ0n) is 9.75. The minimum atomic E-state index is 0.659. The third-order valence-corrected chi connectivity index (χ3v) is 3.05. The van der Waals surface area contributed by atoms with Gasteiger partial charge in [-0.15, -0.1) is 0 Å². The second-order valence-corrected chi connectivity index (χ2v) is 4.39. The number of hydrogen-bond donors (Lipinski definition) is 1. The van der Waals surface area contributed by atoms with E-state index in [2.05, 4.69) is 20.1 Å². The molecule has 7 heteroatoms. The number of imidazole rings is 1. The molecule has 0 radical (unpaired) electrons. The van der Waals surface area contributed by atoms with Crippen molar-refractivity contribution in [1.29, 1.82) is 0 Å². The molecule has 1 N–H and O–H groups in total. The molecule has 0 saturated heterocycles. The van der Waals surface area contributed by atoms with Crippen molar-refractivity contribution in [2.75, 3.05) is 0 Å². The Kier molecular flexibility index (Phi) is 2.67. The summed E-state index contributed by atoms with van der Waals surface area (Å²) in [6, 6.07) is 3.94. The first kappa shape index (κ1) is 11.1. The number of aromatic nitrogens is 5. The van der Waals surface area contributed by atoms with Gasteiger partial charge in [0.1, 0.15) is 0 Å². The fourth-order valence-corrected chi connectivity index (χ4v) is 2.13. The Balaban J connectivity index is 1.98. The molecule has 0 saturated carbocycles. The van der Waals surface area contributed by atoms with Gasteiger partial charge in [-0.25, -0.2) is 4.98 Å². The summed E-state index contributed by atoms with van der Waals surface area (Å²) in [6.45, 7) is 2.63. The van der Waals surface area contributed by atoms with Crippen molar-refractivity contribution in [1.82, 2.24) is 24.7 Å². The van der Waals surface area contributed by atoms with Crippen molar-refractivity contribution in [2.24, 2.45) is 0 Å². The van der Waals surface area contributed by atoms with Gasteiger partial charge in [-0.05, 0) is 31.3 Å². The van der Waals surface area contributed by atoms with Gasteiger partial charge in [-0.2, -0.15) is 4.98 Å². The maximum absolute atomic E-state index is 5.29.